The molecule has 0 spiro atoms. The van der Waals surface area contributed by atoms with Crippen molar-refractivity contribution >= 4 is 16.9 Å². The number of piperidine rings is 1. The van der Waals surface area contributed by atoms with E-state index in [-0.39, 0.29) is 12.1 Å². The van der Waals surface area contributed by atoms with E-state index in [4.69, 9.17) is 20.8 Å². The van der Waals surface area contributed by atoms with Gasteiger partial charge in [-0.3, -0.25) is 9.67 Å². The first-order valence-electron chi connectivity index (χ1n) is 11.0. The maximum absolute atomic E-state index is 9.57. The van der Waals surface area contributed by atoms with Crippen molar-refractivity contribution in [3.05, 3.63) is 47.5 Å². The Morgan fingerprint density at radius 2 is 2.09 bits per heavy atom. The lowest BCUT2D eigenvalue weighted by molar-refractivity contribution is 0.223. The summed E-state index contributed by atoms with van der Waals surface area (Å²) >= 11 is 0. The number of fused-ring (bicyclic) bond motifs is 1. The molecule has 1 unspecified atom stereocenters. The van der Waals surface area contributed by atoms with E-state index in [0.717, 1.165) is 18.5 Å². The van der Waals surface area contributed by atoms with E-state index in [1.807, 2.05) is 33.2 Å². The number of hydrogen-bond donors (Lipinski definition) is 1. The Bertz CT molecular complexity index is 1330. The third-order valence-electron chi connectivity index (χ3n) is 5.88. The number of nitrogens with zero attached hydrogens (tertiary/aromatic N) is 9. The number of nitrogens with two attached hydrogens (primary N) is 1. The highest BCUT2D eigenvalue weighted by Gasteiger charge is 2.21. The molecule has 174 valence electrons. The molecule has 3 aromatic heterocycles. The van der Waals surface area contributed by atoms with Crippen molar-refractivity contribution < 1.29 is 4.74 Å². The van der Waals surface area contributed by atoms with E-state index in [1.165, 1.54) is 6.20 Å². The third-order valence-corrected chi connectivity index (χ3v) is 5.88. The summed E-state index contributed by atoms with van der Waals surface area (Å²) in [6, 6.07) is 5.95. The molecule has 0 radical (unpaired) electrons. The number of hydrogen-bond acceptors (Lipinski definition) is 9. The van der Waals surface area contributed by atoms with Gasteiger partial charge in [0.1, 0.15) is 40.4 Å². The second-order valence-electron chi connectivity index (χ2n) is 8.24. The first kappa shape index (κ1) is 22.8. The lowest BCUT2D eigenvalue weighted by atomic mass is 10.0. The summed E-state index contributed by atoms with van der Waals surface area (Å²) in [5.41, 5.74) is 3.59. The van der Waals surface area contributed by atoms with E-state index in [2.05, 4.69) is 27.6 Å². The van der Waals surface area contributed by atoms with Crippen LogP contribution in [-0.2, 0) is 7.05 Å². The highest BCUT2D eigenvalue weighted by molar-refractivity contribution is 6.47. The van der Waals surface area contributed by atoms with Crippen molar-refractivity contribution in [2.45, 2.75) is 38.8 Å². The summed E-state index contributed by atoms with van der Waals surface area (Å²) in [5.74, 6) is 6.27. The quantitative estimate of drug-likeness (QED) is 0.258. The lowest BCUT2D eigenvalue weighted by Gasteiger charge is -2.26. The van der Waals surface area contributed by atoms with Gasteiger partial charge in [-0.1, -0.05) is 0 Å². The molecule has 3 aromatic rings. The van der Waals surface area contributed by atoms with Gasteiger partial charge < -0.3 is 15.5 Å². The number of ether oxygens (including phenoxy) is 1. The average Bonchev–Trinajstić information content (AvgIpc) is 3.46. The molecule has 1 saturated heterocycles. The number of hydrazone groups is 1. The maximum Gasteiger partial charge on any atom is 0.179 e. The number of nitriles is 2. The van der Waals surface area contributed by atoms with Crippen LogP contribution in [0.15, 0.2) is 40.8 Å². The summed E-state index contributed by atoms with van der Waals surface area (Å²) in [7, 11) is 1.84. The number of aromatic nitrogens is 4. The first-order chi connectivity index (χ1) is 16.4. The standard InChI is InChI=1S/C23H26N10O/c1-15(28-19-4-8-32(14-25)9-5-19)22(29-26)17-10-21(23-18(11-24)12-27-33(23)13-17)34-16(2)20-6-7-31(3)30-20/h6-7,10,12-13,16,19H,4-5,8-9,26H2,1-3H3/b28-15?,29-22+. The fourth-order valence-electron chi connectivity index (χ4n) is 4.09. The molecule has 0 amide bonds. The van der Waals surface area contributed by atoms with Gasteiger partial charge in [0.25, 0.3) is 0 Å². The van der Waals surface area contributed by atoms with Gasteiger partial charge in [0.15, 0.2) is 6.19 Å². The summed E-state index contributed by atoms with van der Waals surface area (Å²) in [5, 5.41) is 31.4. The average molecular weight is 459 g/mol. The molecule has 11 heteroatoms. The monoisotopic (exact) mass is 458 g/mol. The molecule has 0 aromatic carbocycles. The smallest absolute Gasteiger partial charge is 0.179 e. The molecule has 1 aliphatic rings. The molecule has 1 aliphatic heterocycles. The summed E-state index contributed by atoms with van der Waals surface area (Å²) < 4.78 is 9.56. The Morgan fingerprint density at radius 1 is 1.32 bits per heavy atom. The Balaban J connectivity index is 1.68. The van der Waals surface area contributed by atoms with Crippen molar-refractivity contribution in [3.63, 3.8) is 0 Å². The van der Waals surface area contributed by atoms with Gasteiger partial charge in [-0.2, -0.15) is 25.8 Å². The summed E-state index contributed by atoms with van der Waals surface area (Å²) in [4.78, 5) is 6.57. The van der Waals surface area contributed by atoms with E-state index >= 15 is 0 Å². The molecular weight excluding hydrogens is 432 g/mol. The second-order valence-corrected chi connectivity index (χ2v) is 8.24. The van der Waals surface area contributed by atoms with Crippen LogP contribution in [0.1, 0.15) is 49.6 Å². The van der Waals surface area contributed by atoms with Crippen LogP contribution in [0.5, 0.6) is 5.75 Å². The molecule has 1 atom stereocenters. The van der Waals surface area contributed by atoms with Gasteiger partial charge in [0.05, 0.1) is 18.0 Å². The van der Waals surface area contributed by atoms with E-state index in [9.17, 15) is 5.26 Å². The van der Waals surface area contributed by atoms with Crippen LogP contribution in [0.2, 0.25) is 0 Å². The van der Waals surface area contributed by atoms with Crippen LogP contribution in [0.25, 0.3) is 5.52 Å². The van der Waals surface area contributed by atoms with Gasteiger partial charge in [-0.05, 0) is 38.8 Å². The molecule has 4 heterocycles. The zero-order valence-electron chi connectivity index (χ0n) is 19.4. The second kappa shape index (κ2) is 9.63. The zero-order valence-corrected chi connectivity index (χ0v) is 19.4. The van der Waals surface area contributed by atoms with E-state index < -0.39 is 0 Å². The molecule has 0 aliphatic carbocycles. The van der Waals surface area contributed by atoms with Crippen molar-refractivity contribution in [1.29, 1.82) is 10.5 Å². The van der Waals surface area contributed by atoms with Crippen LogP contribution in [-0.4, -0.2) is 54.8 Å². The summed E-state index contributed by atoms with van der Waals surface area (Å²) in [6.07, 6.45) is 8.52. The van der Waals surface area contributed by atoms with Crippen LogP contribution in [0, 0.1) is 22.8 Å². The van der Waals surface area contributed by atoms with Gasteiger partial charge in [0.2, 0.25) is 0 Å². The minimum absolute atomic E-state index is 0.0971. The highest BCUT2D eigenvalue weighted by atomic mass is 16.5. The fraction of sp³-hybridized carbons (Fsp3) is 0.391. The first-order valence-corrected chi connectivity index (χ1v) is 11.0. The third kappa shape index (κ3) is 4.55. The Morgan fingerprint density at radius 3 is 2.71 bits per heavy atom. The van der Waals surface area contributed by atoms with Gasteiger partial charge in [-0.15, -0.1) is 0 Å². The van der Waals surface area contributed by atoms with Gasteiger partial charge in [0, 0.05) is 38.1 Å². The topological polar surface area (TPSA) is 146 Å². The SMILES string of the molecule is CC(=NC1CCN(C#N)CC1)/C(=N\N)c1cc(OC(C)c2ccn(C)n2)c2c(C#N)cnn2c1. The Hall–Kier alpha value is -4.38. The van der Waals surface area contributed by atoms with Crippen LogP contribution in [0.3, 0.4) is 0 Å². The minimum Gasteiger partial charge on any atom is -0.482 e. The Labute approximate surface area is 197 Å². The predicted molar refractivity (Wildman–Crippen MR) is 126 cm³/mol. The number of rotatable bonds is 6. The van der Waals surface area contributed by atoms with Crippen LogP contribution in [0.4, 0.5) is 0 Å². The molecule has 34 heavy (non-hydrogen) atoms. The fourth-order valence-corrected chi connectivity index (χ4v) is 4.09. The van der Waals surface area contributed by atoms with Crippen molar-refractivity contribution in [2.75, 3.05) is 13.1 Å². The summed E-state index contributed by atoms with van der Waals surface area (Å²) in [6.45, 7) is 5.14. The molecule has 1 fully saturated rings. The molecule has 11 nitrogen and oxygen atoms in total. The number of aliphatic imine (C=N–C) groups is 1. The predicted octanol–water partition coefficient (Wildman–Crippen LogP) is 2.15. The minimum atomic E-state index is -0.361. The van der Waals surface area contributed by atoms with E-state index in [0.29, 0.717) is 46.9 Å². The maximum atomic E-state index is 9.57. The van der Waals surface area contributed by atoms with Gasteiger partial charge in [-0.25, -0.2) is 4.52 Å². The van der Waals surface area contributed by atoms with Gasteiger partial charge >= 0.3 is 0 Å². The van der Waals surface area contributed by atoms with Crippen LogP contribution < -0.4 is 10.6 Å². The van der Waals surface area contributed by atoms with Crippen LogP contribution >= 0.6 is 0 Å². The number of likely N-dealkylation sites (tertiary alicyclic amines) is 1. The molecule has 4 rings (SSSR count). The molecule has 2 N–H and O–H groups in total. The molecule has 0 bridgehead atoms. The number of aryl methyl sites for hydroxylation is 1. The largest absolute Gasteiger partial charge is 0.482 e. The normalized spacial score (nSPS) is 16.3. The zero-order chi connectivity index (χ0) is 24.2. The molecular formula is C23H26N10O. The van der Waals surface area contributed by atoms with Crippen molar-refractivity contribution in [2.24, 2.45) is 23.0 Å². The van der Waals surface area contributed by atoms with Crippen molar-refractivity contribution in [1.82, 2.24) is 24.3 Å². The molecule has 0 saturated carbocycles. The highest BCUT2D eigenvalue weighted by Crippen LogP contribution is 2.29. The number of pyridine rings is 1. The lowest BCUT2D eigenvalue weighted by Crippen LogP contribution is -2.32. The Kier molecular flexibility index (Phi) is 6.46. The van der Waals surface area contributed by atoms with E-state index in [1.54, 1.807) is 26.4 Å². The van der Waals surface area contributed by atoms with Crippen molar-refractivity contribution in [3.8, 4) is 18.0 Å².